The number of benzene rings is 1. The van der Waals surface area contributed by atoms with Crippen molar-refractivity contribution in [3.8, 4) is 0 Å². The van der Waals surface area contributed by atoms with Crippen LogP contribution in [-0.4, -0.2) is 18.4 Å². The number of hydrogen-bond acceptors (Lipinski definition) is 5. The Labute approximate surface area is 133 Å². The van der Waals surface area contributed by atoms with E-state index < -0.39 is 10.0 Å². The molecule has 2 rings (SSSR count). The van der Waals surface area contributed by atoms with Crippen molar-refractivity contribution in [2.24, 2.45) is 0 Å². The Morgan fingerprint density at radius 2 is 1.95 bits per heavy atom. The molecule has 0 fully saturated rings. The maximum absolute atomic E-state index is 12.3. The molecule has 0 aliphatic rings. The Morgan fingerprint density at radius 1 is 1.25 bits per heavy atom. The zero-order chi connectivity index (χ0) is 14.9. The van der Waals surface area contributed by atoms with Crippen LogP contribution in [0.25, 0.3) is 0 Å². The molecule has 0 unspecified atom stereocenters. The van der Waals surface area contributed by atoms with Crippen LogP contribution in [0.4, 0.5) is 11.5 Å². The molecular weight excluding hydrogens is 391 g/mol. The van der Waals surface area contributed by atoms with Gasteiger partial charge in [0.15, 0.2) is 11.0 Å². The lowest BCUT2D eigenvalue weighted by molar-refractivity contribution is 0.600. The Morgan fingerprint density at radius 3 is 2.65 bits per heavy atom. The molecule has 106 valence electrons. The average Bonchev–Trinajstić information content (AvgIpc) is 2.37. The fraction of sp³-hybridized carbons (Fsp3) is 0. The summed E-state index contributed by atoms with van der Waals surface area (Å²) in [6.45, 7) is 0. The van der Waals surface area contributed by atoms with Gasteiger partial charge < -0.3 is 5.73 Å². The number of nitrogens with one attached hydrogen (secondary N) is 1. The number of nitrogens with two attached hydrogens (primary N) is 1. The Bertz CT molecular complexity index is 770. The van der Waals surface area contributed by atoms with E-state index in [-0.39, 0.29) is 20.9 Å². The second kappa shape index (κ2) is 5.72. The molecule has 2 aromatic rings. The molecule has 0 aliphatic carbocycles. The minimum Gasteiger partial charge on any atom is -0.399 e. The molecule has 0 atom stereocenters. The van der Waals surface area contributed by atoms with Gasteiger partial charge in [0.05, 0.1) is 0 Å². The van der Waals surface area contributed by atoms with Crippen molar-refractivity contribution in [3.63, 3.8) is 0 Å². The quantitative estimate of drug-likeness (QED) is 0.612. The predicted molar refractivity (Wildman–Crippen MR) is 81.4 cm³/mol. The second-order valence-corrected chi connectivity index (χ2v) is 6.86. The van der Waals surface area contributed by atoms with E-state index in [2.05, 4.69) is 30.6 Å². The van der Waals surface area contributed by atoms with Gasteiger partial charge in [0, 0.05) is 10.2 Å². The molecule has 0 saturated heterocycles. The first-order valence-corrected chi connectivity index (χ1v) is 8.08. The first-order valence-electron chi connectivity index (χ1n) is 5.05. The SMILES string of the molecule is Nc1ccc(Br)c(S(=O)(=O)Nc2ncnc(Cl)c2Cl)c1. The minimum absolute atomic E-state index is 0.0386. The van der Waals surface area contributed by atoms with E-state index >= 15 is 0 Å². The third-order valence-electron chi connectivity index (χ3n) is 2.22. The number of hydrogen-bond donors (Lipinski definition) is 2. The van der Waals surface area contributed by atoms with Crippen LogP contribution in [0, 0.1) is 0 Å². The molecule has 10 heteroatoms. The zero-order valence-electron chi connectivity index (χ0n) is 9.64. The smallest absolute Gasteiger partial charge is 0.264 e. The average molecular weight is 398 g/mol. The maximum atomic E-state index is 12.3. The summed E-state index contributed by atoms with van der Waals surface area (Å²) in [4.78, 5) is 7.33. The number of nitrogens with zero attached hydrogens (tertiary/aromatic N) is 2. The highest BCUT2D eigenvalue weighted by molar-refractivity contribution is 9.10. The van der Waals surface area contributed by atoms with Crippen LogP contribution in [0.15, 0.2) is 33.9 Å². The Balaban J connectivity index is 2.46. The lowest BCUT2D eigenvalue weighted by Gasteiger charge is -2.10. The summed E-state index contributed by atoms with van der Waals surface area (Å²) in [7, 11) is -3.92. The normalized spacial score (nSPS) is 11.3. The fourth-order valence-corrected chi connectivity index (χ4v) is 3.68. The van der Waals surface area contributed by atoms with Gasteiger partial charge in [-0.2, -0.15) is 0 Å². The number of nitrogen functional groups attached to an aromatic ring is 1. The largest absolute Gasteiger partial charge is 0.399 e. The summed E-state index contributed by atoms with van der Waals surface area (Å²) in [6.07, 6.45) is 1.10. The molecular formula is C10H7BrCl2N4O2S. The molecule has 6 nitrogen and oxygen atoms in total. The van der Waals surface area contributed by atoms with Gasteiger partial charge in [-0.05, 0) is 34.1 Å². The van der Waals surface area contributed by atoms with Crippen molar-refractivity contribution in [3.05, 3.63) is 39.2 Å². The van der Waals surface area contributed by atoms with Crippen LogP contribution in [0.2, 0.25) is 10.2 Å². The van der Waals surface area contributed by atoms with Crippen molar-refractivity contribution >= 4 is 60.7 Å². The summed E-state index contributed by atoms with van der Waals surface area (Å²) in [5.41, 5.74) is 5.89. The molecule has 3 N–H and O–H groups in total. The highest BCUT2D eigenvalue weighted by Gasteiger charge is 2.21. The molecule has 0 aliphatic heterocycles. The lowest BCUT2D eigenvalue weighted by atomic mass is 10.3. The van der Waals surface area contributed by atoms with Gasteiger partial charge in [-0.15, -0.1) is 0 Å². The van der Waals surface area contributed by atoms with Gasteiger partial charge in [-0.3, -0.25) is 4.72 Å². The first-order chi connectivity index (χ1) is 9.31. The zero-order valence-corrected chi connectivity index (χ0v) is 13.6. The number of anilines is 2. The topological polar surface area (TPSA) is 98.0 Å². The van der Waals surface area contributed by atoms with Crippen molar-refractivity contribution in [2.75, 3.05) is 10.5 Å². The third-order valence-corrected chi connectivity index (χ3v) is 5.30. The molecule has 0 bridgehead atoms. The monoisotopic (exact) mass is 396 g/mol. The van der Waals surface area contributed by atoms with E-state index in [9.17, 15) is 8.42 Å². The molecule has 0 amide bonds. The van der Waals surface area contributed by atoms with E-state index in [0.29, 0.717) is 10.2 Å². The van der Waals surface area contributed by atoms with E-state index in [1.54, 1.807) is 6.07 Å². The summed E-state index contributed by atoms with van der Waals surface area (Å²) >= 11 is 14.7. The van der Waals surface area contributed by atoms with Crippen LogP contribution in [0.1, 0.15) is 0 Å². The van der Waals surface area contributed by atoms with Crippen LogP contribution in [0.5, 0.6) is 0 Å². The van der Waals surface area contributed by atoms with Crippen LogP contribution in [0.3, 0.4) is 0 Å². The highest BCUT2D eigenvalue weighted by atomic mass is 79.9. The van der Waals surface area contributed by atoms with E-state index in [0.717, 1.165) is 6.33 Å². The van der Waals surface area contributed by atoms with Gasteiger partial charge >= 0.3 is 0 Å². The van der Waals surface area contributed by atoms with Crippen molar-refractivity contribution < 1.29 is 8.42 Å². The van der Waals surface area contributed by atoms with Gasteiger partial charge in [-0.1, -0.05) is 23.2 Å². The van der Waals surface area contributed by atoms with Crippen molar-refractivity contribution in [1.29, 1.82) is 0 Å². The number of sulfonamides is 1. The Kier molecular flexibility index (Phi) is 4.38. The first kappa shape index (κ1) is 15.3. The molecule has 1 heterocycles. The van der Waals surface area contributed by atoms with E-state index in [1.807, 2.05) is 0 Å². The van der Waals surface area contributed by atoms with Crippen molar-refractivity contribution in [1.82, 2.24) is 9.97 Å². The third kappa shape index (κ3) is 3.14. The summed E-state index contributed by atoms with van der Waals surface area (Å²) in [5, 5.41) is -0.135. The predicted octanol–water partition coefficient (Wildman–Crippen LogP) is 2.93. The molecule has 0 spiro atoms. The summed E-state index contributed by atoms with van der Waals surface area (Å²) < 4.78 is 27.1. The van der Waals surface area contributed by atoms with Gasteiger partial charge in [0.1, 0.15) is 16.2 Å². The van der Waals surface area contributed by atoms with E-state index in [4.69, 9.17) is 28.9 Å². The minimum atomic E-state index is -3.92. The van der Waals surface area contributed by atoms with E-state index in [1.165, 1.54) is 12.1 Å². The number of aromatic nitrogens is 2. The number of rotatable bonds is 3. The highest BCUT2D eigenvalue weighted by Crippen LogP contribution is 2.30. The number of halogens is 3. The maximum Gasteiger partial charge on any atom is 0.264 e. The van der Waals surface area contributed by atoms with Crippen LogP contribution >= 0.6 is 39.1 Å². The molecule has 0 radical (unpaired) electrons. The Hall–Kier alpha value is -1.09. The summed E-state index contributed by atoms with van der Waals surface area (Å²) in [6, 6.07) is 4.40. The van der Waals surface area contributed by atoms with Crippen LogP contribution in [-0.2, 0) is 10.0 Å². The molecule has 1 aromatic heterocycles. The van der Waals surface area contributed by atoms with Crippen molar-refractivity contribution in [2.45, 2.75) is 4.90 Å². The fourth-order valence-electron chi connectivity index (χ4n) is 1.33. The lowest BCUT2D eigenvalue weighted by Crippen LogP contribution is -2.15. The standard InChI is InChI=1S/C10H7BrCl2N4O2S/c11-6-2-1-5(14)3-7(6)20(18,19)17-10-8(12)9(13)15-4-16-10/h1-4H,14H2,(H,15,16,17). The molecule has 1 aromatic carbocycles. The summed E-state index contributed by atoms with van der Waals surface area (Å²) in [5.74, 6) is -0.110. The van der Waals surface area contributed by atoms with Crippen LogP contribution < -0.4 is 10.5 Å². The molecule has 20 heavy (non-hydrogen) atoms. The second-order valence-electron chi connectivity index (χ2n) is 3.62. The molecule has 0 saturated carbocycles. The van der Waals surface area contributed by atoms with Gasteiger partial charge in [-0.25, -0.2) is 18.4 Å². The van der Waals surface area contributed by atoms with Gasteiger partial charge in [0.25, 0.3) is 10.0 Å². The van der Waals surface area contributed by atoms with Gasteiger partial charge in [0.2, 0.25) is 0 Å².